The van der Waals surface area contributed by atoms with Gasteiger partial charge >= 0.3 is 0 Å². The third-order valence-corrected chi connectivity index (χ3v) is 2.00. The van der Waals surface area contributed by atoms with Crippen LogP contribution in [0.3, 0.4) is 0 Å². The maximum atomic E-state index is 11.5. The summed E-state index contributed by atoms with van der Waals surface area (Å²) in [5.41, 5.74) is 13.1. The van der Waals surface area contributed by atoms with Crippen LogP contribution in [0.25, 0.3) is 0 Å². The summed E-state index contributed by atoms with van der Waals surface area (Å²) in [6.45, 7) is 2.25. The lowest BCUT2D eigenvalue weighted by atomic mass is 10.0. The van der Waals surface area contributed by atoms with Gasteiger partial charge in [0.05, 0.1) is 0 Å². The molecule has 0 radical (unpaired) electrons. The van der Waals surface area contributed by atoms with Crippen molar-refractivity contribution >= 4 is 11.5 Å². The number of nitrogen functional groups attached to an aromatic ring is 1. The van der Waals surface area contributed by atoms with E-state index in [9.17, 15) is 4.79 Å². The largest absolute Gasteiger partial charge is 0.398 e. The van der Waals surface area contributed by atoms with Crippen LogP contribution in [0.15, 0.2) is 18.2 Å². The molecule has 3 heteroatoms. The van der Waals surface area contributed by atoms with Gasteiger partial charge in [-0.2, -0.15) is 0 Å². The number of aryl methyl sites for hydroxylation is 1. The van der Waals surface area contributed by atoms with Crippen molar-refractivity contribution in [2.75, 3.05) is 12.3 Å². The second kappa shape index (κ2) is 4.05. The molecule has 0 aliphatic rings. The van der Waals surface area contributed by atoms with Crippen LogP contribution < -0.4 is 11.5 Å². The van der Waals surface area contributed by atoms with E-state index in [4.69, 9.17) is 11.5 Å². The molecule has 1 rings (SSSR count). The average molecular weight is 178 g/mol. The number of hydrogen-bond acceptors (Lipinski definition) is 3. The van der Waals surface area contributed by atoms with E-state index in [1.165, 1.54) is 0 Å². The van der Waals surface area contributed by atoms with Crippen LogP contribution in [-0.4, -0.2) is 12.3 Å². The van der Waals surface area contributed by atoms with Crippen molar-refractivity contribution in [2.24, 2.45) is 5.73 Å². The summed E-state index contributed by atoms with van der Waals surface area (Å²) in [7, 11) is 0. The van der Waals surface area contributed by atoms with Crippen molar-refractivity contribution in [3.8, 4) is 0 Å². The quantitative estimate of drug-likeness (QED) is 0.538. The van der Waals surface area contributed by atoms with Gasteiger partial charge in [-0.05, 0) is 25.1 Å². The second-order valence-electron chi connectivity index (χ2n) is 3.00. The van der Waals surface area contributed by atoms with E-state index in [2.05, 4.69) is 0 Å². The van der Waals surface area contributed by atoms with Crippen LogP contribution in [0, 0.1) is 6.92 Å². The predicted octanol–water partition coefficient (Wildman–Crippen LogP) is 1.11. The number of rotatable bonds is 3. The van der Waals surface area contributed by atoms with Crippen molar-refractivity contribution in [1.29, 1.82) is 0 Å². The maximum absolute atomic E-state index is 11.5. The van der Waals surface area contributed by atoms with Crippen LogP contribution >= 0.6 is 0 Å². The average Bonchev–Trinajstić information content (AvgIpc) is 2.10. The first-order valence-electron chi connectivity index (χ1n) is 4.25. The van der Waals surface area contributed by atoms with Gasteiger partial charge in [0.15, 0.2) is 5.78 Å². The third-order valence-electron chi connectivity index (χ3n) is 2.00. The number of carbonyl (C=O) groups is 1. The van der Waals surface area contributed by atoms with E-state index < -0.39 is 0 Å². The lowest BCUT2D eigenvalue weighted by Crippen LogP contribution is -2.10. The number of carbonyl (C=O) groups excluding carboxylic acids is 1. The molecule has 0 saturated heterocycles. The zero-order valence-corrected chi connectivity index (χ0v) is 7.71. The van der Waals surface area contributed by atoms with Crippen LogP contribution in [0.4, 0.5) is 5.69 Å². The van der Waals surface area contributed by atoms with Crippen molar-refractivity contribution in [1.82, 2.24) is 0 Å². The molecule has 4 N–H and O–H groups in total. The summed E-state index contributed by atoms with van der Waals surface area (Å²) in [5.74, 6) is 0.0173. The molecule has 13 heavy (non-hydrogen) atoms. The number of Topliss-reactive ketones (excluding diaryl/α,β-unsaturated/α-hetero) is 1. The molecule has 0 unspecified atom stereocenters. The summed E-state index contributed by atoms with van der Waals surface area (Å²) in [6, 6.07) is 5.45. The van der Waals surface area contributed by atoms with Gasteiger partial charge in [0, 0.05) is 17.7 Å². The van der Waals surface area contributed by atoms with E-state index in [-0.39, 0.29) is 5.78 Å². The van der Waals surface area contributed by atoms with Crippen LogP contribution in [-0.2, 0) is 0 Å². The highest BCUT2D eigenvalue weighted by Gasteiger charge is 2.09. The molecule has 0 bridgehead atoms. The second-order valence-corrected chi connectivity index (χ2v) is 3.00. The Kier molecular flexibility index (Phi) is 3.03. The van der Waals surface area contributed by atoms with Crippen LogP contribution in [0.2, 0.25) is 0 Å². The van der Waals surface area contributed by atoms with Gasteiger partial charge in [0.25, 0.3) is 0 Å². The summed E-state index contributed by atoms with van der Waals surface area (Å²) < 4.78 is 0. The Morgan fingerprint density at radius 2 is 2.15 bits per heavy atom. The van der Waals surface area contributed by atoms with Gasteiger partial charge in [-0.1, -0.05) is 12.1 Å². The molecule has 0 aromatic heterocycles. The summed E-state index contributed by atoms with van der Waals surface area (Å²) in [4.78, 5) is 11.5. The Labute approximate surface area is 77.7 Å². The molecule has 0 spiro atoms. The molecular formula is C10H14N2O. The zero-order valence-electron chi connectivity index (χ0n) is 7.71. The Bertz CT molecular complexity index is 321. The molecule has 1 aromatic rings. The molecule has 0 atom stereocenters. The van der Waals surface area contributed by atoms with E-state index >= 15 is 0 Å². The highest BCUT2D eigenvalue weighted by Crippen LogP contribution is 2.17. The molecule has 0 heterocycles. The predicted molar refractivity (Wildman–Crippen MR) is 53.6 cm³/mol. The van der Waals surface area contributed by atoms with E-state index in [0.717, 1.165) is 5.56 Å². The number of benzene rings is 1. The normalized spacial score (nSPS) is 10.0. The first-order valence-corrected chi connectivity index (χ1v) is 4.25. The van der Waals surface area contributed by atoms with Gasteiger partial charge < -0.3 is 11.5 Å². The minimum Gasteiger partial charge on any atom is -0.398 e. The summed E-state index contributed by atoms with van der Waals surface area (Å²) >= 11 is 0. The molecule has 3 nitrogen and oxygen atoms in total. The number of nitrogens with two attached hydrogens (primary N) is 2. The number of hydrogen-bond donors (Lipinski definition) is 2. The SMILES string of the molecule is Cc1cccc(C(=O)CCN)c1N. The molecular weight excluding hydrogens is 164 g/mol. The third kappa shape index (κ3) is 2.06. The molecule has 1 aromatic carbocycles. The monoisotopic (exact) mass is 178 g/mol. The molecule has 0 saturated carbocycles. The topological polar surface area (TPSA) is 69.1 Å². The first kappa shape index (κ1) is 9.74. The minimum atomic E-state index is 0.0173. The molecule has 70 valence electrons. The van der Waals surface area contributed by atoms with Gasteiger partial charge in [-0.3, -0.25) is 4.79 Å². The Morgan fingerprint density at radius 1 is 1.46 bits per heavy atom. The maximum Gasteiger partial charge on any atom is 0.166 e. The summed E-state index contributed by atoms with van der Waals surface area (Å²) in [6.07, 6.45) is 0.355. The first-order chi connectivity index (χ1) is 6.16. The van der Waals surface area contributed by atoms with Crippen molar-refractivity contribution < 1.29 is 4.79 Å². The van der Waals surface area contributed by atoms with Crippen LogP contribution in [0.5, 0.6) is 0 Å². The molecule has 0 aliphatic carbocycles. The van der Waals surface area contributed by atoms with E-state index in [1.54, 1.807) is 6.07 Å². The lowest BCUT2D eigenvalue weighted by molar-refractivity contribution is 0.0986. The highest BCUT2D eigenvalue weighted by molar-refractivity contribution is 6.01. The lowest BCUT2D eigenvalue weighted by Gasteiger charge is -2.05. The van der Waals surface area contributed by atoms with Crippen molar-refractivity contribution in [3.05, 3.63) is 29.3 Å². The van der Waals surface area contributed by atoms with E-state index in [0.29, 0.717) is 24.2 Å². The Hall–Kier alpha value is -1.35. The van der Waals surface area contributed by atoms with Crippen molar-refractivity contribution in [3.63, 3.8) is 0 Å². The fourth-order valence-electron chi connectivity index (χ4n) is 1.19. The Balaban J connectivity index is 3.01. The van der Waals surface area contributed by atoms with Gasteiger partial charge in [-0.25, -0.2) is 0 Å². The fourth-order valence-corrected chi connectivity index (χ4v) is 1.19. The molecule has 0 amide bonds. The van der Waals surface area contributed by atoms with Crippen molar-refractivity contribution in [2.45, 2.75) is 13.3 Å². The Morgan fingerprint density at radius 3 is 2.77 bits per heavy atom. The zero-order chi connectivity index (χ0) is 9.84. The number of ketones is 1. The smallest absolute Gasteiger partial charge is 0.166 e. The van der Waals surface area contributed by atoms with Gasteiger partial charge in [0.1, 0.15) is 0 Å². The fraction of sp³-hybridized carbons (Fsp3) is 0.300. The molecule has 0 fully saturated rings. The van der Waals surface area contributed by atoms with Crippen LogP contribution in [0.1, 0.15) is 22.3 Å². The van der Waals surface area contributed by atoms with E-state index in [1.807, 2.05) is 19.1 Å². The summed E-state index contributed by atoms with van der Waals surface area (Å²) in [5, 5.41) is 0. The van der Waals surface area contributed by atoms with Gasteiger partial charge in [0.2, 0.25) is 0 Å². The number of anilines is 1. The minimum absolute atomic E-state index is 0.0173. The van der Waals surface area contributed by atoms with Gasteiger partial charge in [-0.15, -0.1) is 0 Å². The standard InChI is InChI=1S/C10H14N2O/c1-7-3-2-4-8(10(7)12)9(13)5-6-11/h2-4H,5-6,11-12H2,1H3. The number of para-hydroxylation sites is 1. The molecule has 0 aliphatic heterocycles. The highest BCUT2D eigenvalue weighted by atomic mass is 16.1.